The second kappa shape index (κ2) is 6.90. The first-order valence-corrected chi connectivity index (χ1v) is 6.36. The highest BCUT2D eigenvalue weighted by Crippen LogP contribution is 2.04. The third-order valence-corrected chi connectivity index (χ3v) is 2.29. The molecule has 1 nitrogen and oxygen atoms in total. The number of hydrogen-bond donors (Lipinski definition) is 1. The summed E-state index contributed by atoms with van der Waals surface area (Å²) < 4.78 is 0. The molecule has 0 saturated carbocycles. The predicted molar refractivity (Wildman–Crippen MR) is 76.0 cm³/mol. The second-order valence-electron chi connectivity index (χ2n) is 4.79. The Labute approximate surface area is 110 Å². The average Bonchev–Trinajstić information content (AvgIpc) is 2.33. The van der Waals surface area contributed by atoms with E-state index < -0.39 is 5.60 Å². The van der Waals surface area contributed by atoms with Crippen LogP contribution in [0.1, 0.15) is 51.2 Å². The number of hydrogen-bond acceptors (Lipinski definition) is 1. The van der Waals surface area contributed by atoms with Gasteiger partial charge < -0.3 is 5.11 Å². The first-order valence-electron chi connectivity index (χ1n) is 6.36. The van der Waals surface area contributed by atoms with Crippen LogP contribution in [0.15, 0.2) is 24.3 Å². The molecule has 0 unspecified atom stereocenters. The van der Waals surface area contributed by atoms with Crippen molar-refractivity contribution in [2.75, 3.05) is 0 Å². The Morgan fingerprint density at radius 3 is 2.11 bits per heavy atom. The molecule has 0 aliphatic carbocycles. The van der Waals surface area contributed by atoms with Crippen molar-refractivity contribution in [1.82, 2.24) is 0 Å². The molecular weight excluding hydrogens is 220 g/mol. The summed E-state index contributed by atoms with van der Waals surface area (Å²) in [6.45, 7) is 5.51. The predicted octanol–water partition coefficient (Wildman–Crippen LogP) is 3.35. The third kappa shape index (κ3) is 6.14. The van der Waals surface area contributed by atoms with E-state index in [9.17, 15) is 5.11 Å². The van der Waals surface area contributed by atoms with Crippen LogP contribution >= 0.6 is 0 Å². The van der Waals surface area contributed by atoms with E-state index >= 15 is 0 Å². The van der Waals surface area contributed by atoms with Crippen LogP contribution in [0.25, 0.3) is 0 Å². The van der Waals surface area contributed by atoms with E-state index in [1.165, 1.54) is 6.42 Å². The largest absolute Gasteiger partial charge is 0.378 e. The van der Waals surface area contributed by atoms with Gasteiger partial charge in [-0.15, -0.1) is 0 Å². The molecule has 1 rings (SSSR count). The first kappa shape index (κ1) is 14.4. The maximum Gasteiger partial charge on any atom is 0.120 e. The second-order valence-corrected chi connectivity index (χ2v) is 4.79. The van der Waals surface area contributed by atoms with Crippen LogP contribution in [0.4, 0.5) is 0 Å². The summed E-state index contributed by atoms with van der Waals surface area (Å²) >= 11 is 0. The van der Waals surface area contributed by atoms with Gasteiger partial charge in [0, 0.05) is 17.5 Å². The van der Waals surface area contributed by atoms with Crippen molar-refractivity contribution in [2.24, 2.45) is 0 Å². The van der Waals surface area contributed by atoms with Crippen LogP contribution in [-0.2, 0) is 0 Å². The molecule has 94 valence electrons. The van der Waals surface area contributed by atoms with Crippen LogP contribution in [0.2, 0.25) is 0 Å². The summed E-state index contributed by atoms with van der Waals surface area (Å²) in [7, 11) is 0. The molecule has 0 bridgehead atoms. The Kier molecular flexibility index (Phi) is 5.50. The average molecular weight is 240 g/mol. The van der Waals surface area contributed by atoms with E-state index in [0.717, 1.165) is 24.0 Å². The van der Waals surface area contributed by atoms with Gasteiger partial charge in [0.2, 0.25) is 0 Å². The summed E-state index contributed by atoms with van der Waals surface area (Å²) in [5.41, 5.74) is 0.967. The van der Waals surface area contributed by atoms with Crippen molar-refractivity contribution in [2.45, 2.75) is 45.6 Å². The highest BCUT2D eigenvalue weighted by molar-refractivity contribution is 5.42. The van der Waals surface area contributed by atoms with Gasteiger partial charge in [0.1, 0.15) is 5.60 Å². The fraction of sp³-hybridized carbons (Fsp3) is 0.412. The van der Waals surface area contributed by atoms with Gasteiger partial charge in [-0.2, -0.15) is 0 Å². The van der Waals surface area contributed by atoms with Crippen molar-refractivity contribution < 1.29 is 5.11 Å². The molecule has 0 atom stereocenters. The van der Waals surface area contributed by atoms with E-state index in [1.54, 1.807) is 13.8 Å². The van der Waals surface area contributed by atoms with Gasteiger partial charge in [-0.1, -0.05) is 37.0 Å². The third-order valence-electron chi connectivity index (χ3n) is 2.29. The van der Waals surface area contributed by atoms with E-state index in [2.05, 4.69) is 30.6 Å². The zero-order valence-corrected chi connectivity index (χ0v) is 11.4. The quantitative estimate of drug-likeness (QED) is 0.621. The van der Waals surface area contributed by atoms with Gasteiger partial charge in [0.05, 0.1) is 0 Å². The molecule has 0 heterocycles. The molecule has 0 aliphatic rings. The molecule has 0 aromatic heterocycles. The number of benzene rings is 1. The summed E-state index contributed by atoms with van der Waals surface area (Å²) in [4.78, 5) is 0. The molecule has 0 aliphatic heterocycles. The maximum absolute atomic E-state index is 9.50. The van der Waals surface area contributed by atoms with Crippen molar-refractivity contribution in [3.05, 3.63) is 35.4 Å². The van der Waals surface area contributed by atoms with Gasteiger partial charge in [-0.25, -0.2) is 0 Å². The van der Waals surface area contributed by atoms with E-state index in [4.69, 9.17) is 0 Å². The van der Waals surface area contributed by atoms with E-state index in [1.807, 2.05) is 24.3 Å². The lowest BCUT2D eigenvalue weighted by Gasteiger charge is -2.05. The first-order chi connectivity index (χ1) is 8.51. The van der Waals surface area contributed by atoms with Gasteiger partial charge in [-0.05, 0) is 44.5 Å². The SMILES string of the molecule is CCCCC#Cc1ccc(C#CC(C)(C)O)cc1. The molecule has 1 heteroatoms. The van der Waals surface area contributed by atoms with Gasteiger partial charge in [-0.3, -0.25) is 0 Å². The molecule has 0 radical (unpaired) electrons. The van der Waals surface area contributed by atoms with Gasteiger partial charge in [0.15, 0.2) is 0 Å². The zero-order valence-electron chi connectivity index (χ0n) is 11.4. The monoisotopic (exact) mass is 240 g/mol. The van der Waals surface area contributed by atoms with E-state index in [0.29, 0.717) is 0 Å². The minimum atomic E-state index is -0.946. The highest BCUT2D eigenvalue weighted by atomic mass is 16.3. The smallest absolute Gasteiger partial charge is 0.120 e. The molecule has 0 spiro atoms. The minimum Gasteiger partial charge on any atom is -0.378 e. The minimum absolute atomic E-state index is 0.899. The lowest BCUT2D eigenvalue weighted by molar-refractivity contribution is 0.143. The Balaban J connectivity index is 2.67. The fourth-order valence-electron chi connectivity index (χ4n) is 1.29. The summed E-state index contributed by atoms with van der Waals surface area (Å²) in [5, 5.41) is 9.50. The Morgan fingerprint density at radius 1 is 1.06 bits per heavy atom. The molecule has 1 N–H and O–H groups in total. The lowest BCUT2D eigenvalue weighted by Crippen LogP contribution is -2.14. The molecule has 0 saturated heterocycles. The van der Waals surface area contributed by atoms with E-state index in [-0.39, 0.29) is 0 Å². The van der Waals surface area contributed by atoms with Crippen molar-refractivity contribution in [3.8, 4) is 23.7 Å². The Morgan fingerprint density at radius 2 is 1.61 bits per heavy atom. The zero-order chi connectivity index (χ0) is 13.4. The van der Waals surface area contributed by atoms with Crippen molar-refractivity contribution in [3.63, 3.8) is 0 Å². The maximum atomic E-state index is 9.50. The van der Waals surface area contributed by atoms with Crippen molar-refractivity contribution >= 4 is 0 Å². The van der Waals surface area contributed by atoms with Gasteiger partial charge >= 0.3 is 0 Å². The van der Waals surface area contributed by atoms with Gasteiger partial charge in [0.25, 0.3) is 0 Å². The summed E-state index contributed by atoms with van der Waals surface area (Å²) in [6, 6.07) is 7.80. The standard InChI is InChI=1S/C17H20O/c1-4-5-6-7-8-15-9-11-16(12-10-15)13-14-17(2,3)18/h9-12,18H,4-6H2,1-3H3. The van der Waals surface area contributed by atoms with Crippen LogP contribution in [0.5, 0.6) is 0 Å². The Bertz CT molecular complexity index is 481. The normalized spacial score (nSPS) is 10.0. The molecule has 18 heavy (non-hydrogen) atoms. The molecule has 1 aromatic carbocycles. The number of unbranched alkanes of at least 4 members (excludes halogenated alkanes) is 2. The van der Waals surface area contributed by atoms with Crippen LogP contribution in [0.3, 0.4) is 0 Å². The van der Waals surface area contributed by atoms with Crippen molar-refractivity contribution in [1.29, 1.82) is 0 Å². The lowest BCUT2D eigenvalue weighted by atomic mass is 10.1. The number of aliphatic hydroxyl groups is 1. The molecular formula is C17H20O. The summed E-state index contributed by atoms with van der Waals surface area (Å²) in [5.74, 6) is 12.0. The fourth-order valence-corrected chi connectivity index (χ4v) is 1.29. The summed E-state index contributed by atoms with van der Waals surface area (Å²) in [6.07, 6.45) is 3.29. The van der Waals surface area contributed by atoms with Crippen LogP contribution < -0.4 is 0 Å². The Hall–Kier alpha value is -1.70. The molecule has 1 aromatic rings. The molecule has 0 fully saturated rings. The van der Waals surface area contributed by atoms with Crippen LogP contribution in [-0.4, -0.2) is 10.7 Å². The topological polar surface area (TPSA) is 20.2 Å². The van der Waals surface area contributed by atoms with Crippen LogP contribution in [0, 0.1) is 23.7 Å². The number of rotatable bonds is 2. The molecule has 0 amide bonds. The highest BCUT2D eigenvalue weighted by Gasteiger charge is 2.05.